The van der Waals surface area contributed by atoms with Gasteiger partial charge in [-0.3, -0.25) is 9.62 Å². The highest BCUT2D eigenvalue weighted by molar-refractivity contribution is 7.92. The van der Waals surface area contributed by atoms with Crippen molar-refractivity contribution in [3.05, 3.63) is 46.8 Å². The fourth-order valence-electron chi connectivity index (χ4n) is 3.91. The topological polar surface area (TPSA) is 91.5 Å². The standard InChI is InChI=1S/C22H31N3O4S/c1-5-29-22(26)20-16(3)23-17(4)21(20)30(27,28)24-19-8-6-18(7-9-19)14-25-12-10-15(2)11-13-25/h6-9,15,23-24H,5,10-14H2,1-4H3. The Balaban J connectivity index is 1.75. The number of nitrogens with one attached hydrogen (secondary N) is 2. The van der Waals surface area contributed by atoms with E-state index in [1.807, 2.05) is 12.1 Å². The molecule has 2 aromatic rings. The van der Waals surface area contributed by atoms with Gasteiger partial charge in [0, 0.05) is 23.6 Å². The number of H-pyrrole nitrogens is 1. The molecular formula is C22H31N3O4S. The number of aromatic amines is 1. The molecule has 1 aliphatic rings. The van der Waals surface area contributed by atoms with E-state index < -0.39 is 16.0 Å². The minimum absolute atomic E-state index is 0.0535. The number of carbonyl (C=O) groups excluding carboxylic acids is 1. The van der Waals surface area contributed by atoms with Gasteiger partial charge in [-0.2, -0.15) is 0 Å². The average Bonchev–Trinajstić information content (AvgIpc) is 3.00. The van der Waals surface area contributed by atoms with E-state index in [4.69, 9.17) is 4.74 Å². The Morgan fingerprint density at radius 1 is 1.17 bits per heavy atom. The smallest absolute Gasteiger partial charge is 0.341 e. The number of carbonyl (C=O) groups is 1. The second-order valence-corrected chi connectivity index (χ2v) is 9.68. The molecule has 0 amide bonds. The molecule has 2 heterocycles. The SMILES string of the molecule is CCOC(=O)c1c(C)[nH]c(C)c1S(=O)(=O)Nc1ccc(CN2CCC(C)CC2)cc1. The van der Waals surface area contributed by atoms with E-state index in [0.29, 0.717) is 17.1 Å². The van der Waals surface area contributed by atoms with E-state index >= 15 is 0 Å². The van der Waals surface area contributed by atoms with Crippen LogP contribution in [0, 0.1) is 19.8 Å². The number of hydrogen-bond acceptors (Lipinski definition) is 5. The van der Waals surface area contributed by atoms with Gasteiger partial charge in [-0.25, -0.2) is 13.2 Å². The maximum atomic E-state index is 13.1. The summed E-state index contributed by atoms with van der Waals surface area (Å²) in [5, 5.41) is 0. The summed E-state index contributed by atoms with van der Waals surface area (Å²) in [4.78, 5) is 17.6. The molecule has 2 N–H and O–H groups in total. The third-order valence-electron chi connectivity index (χ3n) is 5.55. The molecule has 1 fully saturated rings. The number of rotatable bonds is 7. The van der Waals surface area contributed by atoms with Crippen molar-refractivity contribution in [3.63, 3.8) is 0 Å². The largest absolute Gasteiger partial charge is 0.462 e. The number of benzene rings is 1. The molecule has 7 nitrogen and oxygen atoms in total. The van der Waals surface area contributed by atoms with E-state index in [0.717, 1.165) is 31.1 Å². The maximum absolute atomic E-state index is 13.1. The zero-order chi connectivity index (χ0) is 21.9. The Hall–Kier alpha value is -2.32. The zero-order valence-corrected chi connectivity index (χ0v) is 18.9. The van der Waals surface area contributed by atoms with E-state index in [-0.39, 0.29) is 17.1 Å². The lowest BCUT2D eigenvalue weighted by Crippen LogP contribution is -2.32. The van der Waals surface area contributed by atoms with Crippen molar-refractivity contribution in [3.8, 4) is 0 Å². The summed E-state index contributed by atoms with van der Waals surface area (Å²) < 4.78 is 33.7. The molecule has 0 unspecified atom stereocenters. The average molecular weight is 434 g/mol. The van der Waals surface area contributed by atoms with Gasteiger partial charge in [-0.15, -0.1) is 0 Å². The van der Waals surface area contributed by atoms with E-state index in [1.165, 1.54) is 12.8 Å². The number of likely N-dealkylation sites (tertiary alicyclic amines) is 1. The van der Waals surface area contributed by atoms with Crippen LogP contribution < -0.4 is 4.72 Å². The fourth-order valence-corrected chi connectivity index (χ4v) is 5.41. The Labute approximate surface area is 178 Å². The van der Waals surface area contributed by atoms with Crippen LogP contribution in [0.5, 0.6) is 0 Å². The maximum Gasteiger partial charge on any atom is 0.341 e. The fraction of sp³-hybridized carbons (Fsp3) is 0.500. The highest BCUT2D eigenvalue weighted by Crippen LogP contribution is 2.27. The highest BCUT2D eigenvalue weighted by Gasteiger charge is 2.30. The van der Waals surface area contributed by atoms with Gasteiger partial charge < -0.3 is 9.72 Å². The Morgan fingerprint density at radius 3 is 2.40 bits per heavy atom. The number of ether oxygens (including phenoxy) is 1. The van der Waals surface area contributed by atoms with Gasteiger partial charge in [0.15, 0.2) is 0 Å². The van der Waals surface area contributed by atoms with Crippen LogP contribution in [-0.2, 0) is 21.3 Å². The van der Waals surface area contributed by atoms with Crippen molar-refractivity contribution < 1.29 is 17.9 Å². The van der Waals surface area contributed by atoms with Crippen molar-refractivity contribution in [1.29, 1.82) is 0 Å². The zero-order valence-electron chi connectivity index (χ0n) is 18.1. The Kier molecular flexibility index (Phi) is 6.88. The monoisotopic (exact) mass is 433 g/mol. The quantitative estimate of drug-likeness (QED) is 0.648. The van der Waals surface area contributed by atoms with Crippen molar-refractivity contribution >= 4 is 21.7 Å². The van der Waals surface area contributed by atoms with Crippen LogP contribution in [0.25, 0.3) is 0 Å². The van der Waals surface area contributed by atoms with Crippen LogP contribution in [0.1, 0.15) is 54.0 Å². The summed E-state index contributed by atoms with van der Waals surface area (Å²) >= 11 is 0. The molecule has 1 aliphatic heterocycles. The summed E-state index contributed by atoms with van der Waals surface area (Å²) in [6, 6.07) is 7.41. The van der Waals surface area contributed by atoms with Crippen molar-refractivity contribution in [2.45, 2.75) is 52.0 Å². The molecule has 0 spiro atoms. The minimum atomic E-state index is -3.96. The molecule has 0 radical (unpaired) electrons. The molecule has 30 heavy (non-hydrogen) atoms. The number of sulfonamides is 1. The molecule has 1 saturated heterocycles. The van der Waals surface area contributed by atoms with Gasteiger partial charge in [-0.05, 0) is 70.3 Å². The number of aryl methyl sites for hydroxylation is 2. The molecule has 0 aliphatic carbocycles. The summed E-state index contributed by atoms with van der Waals surface area (Å²) in [5.74, 6) is 0.143. The molecule has 1 aromatic heterocycles. The number of hydrogen-bond donors (Lipinski definition) is 2. The van der Waals surface area contributed by atoms with E-state index in [9.17, 15) is 13.2 Å². The second-order valence-electron chi connectivity index (χ2n) is 8.06. The van der Waals surface area contributed by atoms with Crippen molar-refractivity contribution in [2.24, 2.45) is 5.92 Å². The van der Waals surface area contributed by atoms with Crippen molar-refractivity contribution in [1.82, 2.24) is 9.88 Å². The van der Waals surface area contributed by atoms with Crippen LogP contribution >= 0.6 is 0 Å². The Bertz CT molecular complexity index is 988. The van der Waals surface area contributed by atoms with Crippen LogP contribution in [-0.4, -0.2) is 44.0 Å². The van der Waals surface area contributed by atoms with Gasteiger partial charge >= 0.3 is 5.97 Å². The number of anilines is 1. The predicted molar refractivity (Wildman–Crippen MR) is 117 cm³/mol. The minimum Gasteiger partial charge on any atom is -0.462 e. The van der Waals surface area contributed by atoms with Crippen LogP contribution in [0.3, 0.4) is 0 Å². The summed E-state index contributed by atoms with van der Waals surface area (Å²) in [6.45, 7) is 10.5. The lowest BCUT2D eigenvalue weighted by Gasteiger charge is -2.30. The van der Waals surface area contributed by atoms with Gasteiger partial charge in [-0.1, -0.05) is 19.1 Å². The summed E-state index contributed by atoms with van der Waals surface area (Å²) in [6.07, 6.45) is 2.44. The molecule has 1 aromatic carbocycles. The first kappa shape index (κ1) is 22.4. The van der Waals surface area contributed by atoms with Crippen LogP contribution in [0.15, 0.2) is 29.2 Å². The molecule has 3 rings (SSSR count). The first-order valence-electron chi connectivity index (χ1n) is 10.4. The molecule has 164 valence electrons. The molecule has 0 saturated carbocycles. The lowest BCUT2D eigenvalue weighted by molar-refractivity contribution is 0.0521. The normalized spacial score (nSPS) is 15.9. The van der Waals surface area contributed by atoms with Gasteiger partial charge in [0.05, 0.1) is 6.61 Å². The predicted octanol–water partition coefficient (Wildman–Crippen LogP) is 3.84. The third kappa shape index (κ3) is 5.05. The highest BCUT2D eigenvalue weighted by atomic mass is 32.2. The summed E-state index contributed by atoms with van der Waals surface area (Å²) in [7, 11) is -3.96. The first-order valence-corrected chi connectivity index (χ1v) is 11.9. The molecular weight excluding hydrogens is 402 g/mol. The first-order chi connectivity index (χ1) is 14.2. The third-order valence-corrected chi connectivity index (χ3v) is 7.11. The van der Waals surface area contributed by atoms with Crippen molar-refractivity contribution in [2.75, 3.05) is 24.4 Å². The van der Waals surface area contributed by atoms with E-state index in [2.05, 4.69) is 21.5 Å². The molecule has 0 bridgehead atoms. The molecule has 8 heteroatoms. The number of esters is 1. The Morgan fingerprint density at radius 2 is 1.80 bits per heavy atom. The van der Waals surface area contributed by atoms with E-state index in [1.54, 1.807) is 32.9 Å². The van der Waals surface area contributed by atoms with Gasteiger partial charge in [0.25, 0.3) is 10.0 Å². The second kappa shape index (κ2) is 9.22. The lowest BCUT2D eigenvalue weighted by atomic mass is 9.99. The summed E-state index contributed by atoms with van der Waals surface area (Å²) in [5.41, 5.74) is 2.53. The van der Waals surface area contributed by atoms with Gasteiger partial charge in [0.2, 0.25) is 0 Å². The number of piperidine rings is 1. The number of nitrogens with zero attached hydrogens (tertiary/aromatic N) is 1. The van der Waals surface area contributed by atoms with Gasteiger partial charge in [0.1, 0.15) is 10.5 Å². The van der Waals surface area contributed by atoms with Crippen LogP contribution in [0.2, 0.25) is 0 Å². The number of aromatic nitrogens is 1. The van der Waals surface area contributed by atoms with Crippen LogP contribution in [0.4, 0.5) is 5.69 Å². The molecule has 0 atom stereocenters.